The van der Waals surface area contributed by atoms with Crippen molar-refractivity contribution in [3.05, 3.63) is 39.7 Å². The molecule has 2 unspecified atom stereocenters. The highest BCUT2D eigenvalue weighted by Gasteiger charge is 2.47. The number of amides is 1. The molecule has 1 amide bonds. The fourth-order valence-electron chi connectivity index (χ4n) is 7.09. The van der Waals surface area contributed by atoms with Gasteiger partial charge in [0, 0.05) is 40.7 Å². The lowest BCUT2D eigenvalue weighted by Crippen LogP contribution is -2.42. The van der Waals surface area contributed by atoms with Crippen LogP contribution < -0.4 is 5.32 Å². The van der Waals surface area contributed by atoms with E-state index < -0.39 is 0 Å². The van der Waals surface area contributed by atoms with Crippen LogP contribution >= 0.6 is 11.3 Å². The van der Waals surface area contributed by atoms with Crippen molar-refractivity contribution < 1.29 is 4.79 Å². The number of thiophene rings is 1. The predicted molar refractivity (Wildman–Crippen MR) is 148 cm³/mol. The molecule has 2 saturated carbocycles. The van der Waals surface area contributed by atoms with Gasteiger partial charge in [-0.3, -0.25) is 9.69 Å². The third-order valence-corrected chi connectivity index (χ3v) is 10.6. The SMILES string of the molecule is Cc1c(-c2[nH]c3sc([C@@H]4CC5CC4CN5CC(=O)NC4CC4)c(C)c3c2C(C)C)cn2ncnc2c1C. The molecule has 4 aromatic heterocycles. The Labute approximate surface area is 221 Å². The summed E-state index contributed by atoms with van der Waals surface area (Å²) >= 11 is 1.97. The molecule has 0 spiro atoms. The number of fused-ring (bicyclic) bond motifs is 4. The topological polar surface area (TPSA) is 78.3 Å². The largest absolute Gasteiger partial charge is 0.352 e. The molecule has 0 aromatic carbocycles. The van der Waals surface area contributed by atoms with Crippen molar-refractivity contribution >= 4 is 33.1 Å². The van der Waals surface area contributed by atoms with Crippen molar-refractivity contribution in [2.75, 3.05) is 13.1 Å². The minimum Gasteiger partial charge on any atom is -0.352 e. The van der Waals surface area contributed by atoms with E-state index in [1.165, 1.54) is 56.6 Å². The summed E-state index contributed by atoms with van der Waals surface area (Å²) < 4.78 is 1.90. The molecule has 37 heavy (non-hydrogen) atoms. The molecule has 2 aliphatic carbocycles. The Morgan fingerprint density at radius 1 is 1.19 bits per heavy atom. The predicted octanol–water partition coefficient (Wildman–Crippen LogP) is 5.44. The second kappa shape index (κ2) is 8.40. The zero-order valence-electron chi connectivity index (χ0n) is 22.4. The van der Waals surface area contributed by atoms with E-state index in [4.69, 9.17) is 0 Å². The number of nitrogens with one attached hydrogen (secondary N) is 2. The number of hydrogen-bond donors (Lipinski definition) is 2. The summed E-state index contributed by atoms with van der Waals surface area (Å²) in [5, 5.41) is 9.02. The summed E-state index contributed by atoms with van der Waals surface area (Å²) in [6.07, 6.45) is 8.47. The number of rotatable bonds is 6. The zero-order chi connectivity index (χ0) is 25.6. The normalized spacial score (nSPS) is 23.8. The molecular weight excluding hydrogens is 480 g/mol. The molecular formula is C29H36N6OS. The van der Waals surface area contributed by atoms with Gasteiger partial charge in [0.05, 0.1) is 12.2 Å². The Balaban J connectivity index is 1.21. The number of pyridine rings is 1. The number of aryl methyl sites for hydroxylation is 2. The Hall–Kier alpha value is -2.71. The second-order valence-electron chi connectivity index (χ2n) is 11.9. The van der Waals surface area contributed by atoms with Gasteiger partial charge in [0.25, 0.3) is 0 Å². The third kappa shape index (κ3) is 3.67. The Morgan fingerprint density at radius 2 is 2.00 bits per heavy atom. The van der Waals surface area contributed by atoms with Crippen molar-refractivity contribution in [1.82, 2.24) is 29.8 Å². The molecule has 1 aliphatic heterocycles. The number of carbonyl (C=O) groups is 1. The molecule has 2 bridgehead atoms. The van der Waals surface area contributed by atoms with E-state index in [9.17, 15) is 4.79 Å². The summed E-state index contributed by atoms with van der Waals surface area (Å²) in [7, 11) is 0. The summed E-state index contributed by atoms with van der Waals surface area (Å²) in [4.78, 5) is 26.0. The Morgan fingerprint density at radius 3 is 2.70 bits per heavy atom. The van der Waals surface area contributed by atoms with Crippen LogP contribution in [0.5, 0.6) is 0 Å². The molecule has 4 aromatic rings. The second-order valence-corrected chi connectivity index (χ2v) is 13.0. The van der Waals surface area contributed by atoms with Gasteiger partial charge in [0.1, 0.15) is 11.2 Å². The first-order valence-corrected chi connectivity index (χ1v) is 14.6. The number of aromatic nitrogens is 4. The lowest BCUT2D eigenvalue weighted by atomic mass is 9.88. The van der Waals surface area contributed by atoms with Crippen LogP contribution in [0, 0.1) is 26.7 Å². The molecule has 1 saturated heterocycles. The molecule has 8 heteroatoms. The summed E-state index contributed by atoms with van der Waals surface area (Å²) in [5.74, 6) is 1.88. The van der Waals surface area contributed by atoms with Gasteiger partial charge in [-0.2, -0.15) is 5.10 Å². The lowest BCUT2D eigenvalue weighted by molar-refractivity contribution is -0.122. The third-order valence-electron chi connectivity index (χ3n) is 9.22. The van der Waals surface area contributed by atoms with Gasteiger partial charge in [0.15, 0.2) is 5.65 Å². The van der Waals surface area contributed by atoms with E-state index in [-0.39, 0.29) is 5.91 Å². The monoisotopic (exact) mass is 516 g/mol. The van der Waals surface area contributed by atoms with Gasteiger partial charge in [-0.15, -0.1) is 11.3 Å². The smallest absolute Gasteiger partial charge is 0.234 e. The Kier molecular flexibility index (Phi) is 5.31. The van der Waals surface area contributed by atoms with Gasteiger partial charge in [-0.25, -0.2) is 9.50 Å². The molecule has 0 radical (unpaired) electrons. The molecule has 5 heterocycles. The van der Waals surface area contributed by atoms with Gasteiger partial charge >= 0.3 is 0 Å². The highest BCUT2D eigenvalue weighted by Crippen LogP contribution is 2.53. The number of nitrogens with zero attached hydrogens (tertiary/aromatic N) is 4. The van der Waals surface area contributed by atoms with Gasteiger partial charge in [-0.1, -0.05) is 13.8 Å². The molecule has 3 atom stereocenters. The van der Waals surface area contributed by atoms with E-state index >= 15 is 0 Å². The van der Waals surface area contributed by atoms with Crippen molar-refractivity contribution in [3.63, 3.8) is 0 Å². The number of carbonyl (C=O) groups excluding carboxylic acids is 1. The van der Waals surface area contributed by atoms with Crippen LogP contribution in [0.1, 0.15) is 78.5 Å². The average Bonchev–Trinajstić information content (AvgIpc) is 3.28. The minimum atomic E-state index is 0.218. The molecule has 194 valence electrons. The first-order valence-electron chi connectivity index (χ1n) is 13.8. The van der Waals surface area contributed by atoms with Crippen molar-refractivity contribution in [1.29, 1.82) is 0 Å². The van der Waals surface area contributed by atoms with Crippen LogP contribution in [0.2, 0.25) is 0 Å². The van der Waals surface area contributed by atoms with Gasteiger partial charge in [-0.05, 0) is 86.5 Å². The maximum Gasteiger partial charge on any atom is 0.234 e. The van der Waals surface area contributed by atoms with E-state index in [1.54, 1.807) is 11.2 Å². The lowest BCUT2D eigenvalue weighted by Gasteiger charge is -2.31. The van der Waals surface area contributed by atoms with Crippen LogP contribution in [0.4, 0.5) is 0 Å². The maximum atomic E-state index is 12.4. The Bertz CT molecular complexity index is 1540. The molecule has 3 fully saturated rings. The average molecular weight is 517 g/mol. The van der Waals surface area contributed by atoms with E-state index in [1.807, 2.05) is 15.9 Å². The van der Waals surface area contributed by atoms with Crippen LogP contribution in [0.25, 0.3) is 27.1 Å². The van der Waals surface area contributed by atoms with Crippen molar-refractivity contribution in [3.8, 4) is 11.3 Å². The first kappa shape index (κ1) is 23.4. The van der Waals surface area contributed by atoms with Crippen LogP contribution in [0.3, 0.4) is 0 Å². The number of piperidine rings is 1. The fourth-order valence-corrected chi connectivity index (χ4v) is 8.53. The number of hydrogen-bond acceptors (Lipinski definition) is 5. The molecule has 7 rings (SSSR count). The van der Waals surface area contributed by atoms with Crippen LogP contribution in [0.15, 0.2) is 12.5 Å². The highest BCUT2D eigenvalue weighted by molar-refractivity contribution is 7.19. The van der Waals surface area contributed by atoms with E-state index in [0.29, 0.717) is 36.4 Å². The highest BCUT2D eigenvalue weighted by atomic mass is 32.1. The van der Waals surface area contributed by atoms with Gasteiger partial charge in [0.2, 0.25) is 5.91 Å². The molecule has 7 nitrogen and oxygen atoms in total. The first-order chi connectivity index (χ1) is 17.8. The summed E-state index contributed by atoms with van der Waals surface area (Å²) in [6.45, 7) is 12.9. The van der Waals surface area contributed by atoms with Crippen LogP contribution in [-0.2, 0) is 4.79 Å². The van der Waals surface area contributed by atoms with Crippen LogP contribution in [-0.4, -0.2) is 55.6 Å². The number of H-pyrrole nitrogens is 1. The number of aromatic amines is 1. The zero-order valence-corrected chi connectivity index (χ0v) is 23.2. The summed E-state index contributed by atoms with van der Waals surface area (Å²) in [6, 6.07) is 0.988. The molecule has 3 aliphatic rings. The summed E-state index contributed by atoms with van der Waals surface area (Å²) in [5.41, 5.74) is 8.67. The van der Waals surface area contributed by atoms with E-state index in [2.05, 4.69) is 66.1 Å². The maximum absolute atomic E-state index is 12.4. The van der Waals surface area contributed by atoms with Gasteiger partial charge < -0.3 is 10.3 Å². The minimum absolute atomic E-state index is 0.218. The quantitative estimate of drug-likeness (QED) is 0.358. The van der Waals surface area contributed by atoms with E-state index in [0.717, 1.165) is 25.0 Å². The number of likely N-dealkylation sites (tertiary alicyclic amines) is 1. The van der Waals surface area contributed by atoms with Crippen molar-refractivity contribution in [2.45, 2.75) is 84.2 Å². The van der Waals surface area contributed by atoms with Crippen molar-refractivity contribution in [2.24, 2.45) is 5.92 Å². The fraction of sp³-hybridized carbons (Fsp3) is 0.552. The molecule has 2 N–H and O–H groups in total. The standard InChI is InChI=1S/C29H36N6OS/c1-14(2)24-25-17(5)27(21-9-20-8-18(21)10-34(20)12-23(36)32-19-6-7-19)37-29(25)33-26(24)22-11-35-28(30-13-31-35)16(4)15(22)3/h11,13-14,18-21,33H,6-10,12H2,1-5H3,(H,32,36)/t18?,20?,21-/m1/s1.